The molecule has 4 aromatic rings. The molecule has 5 nitrogen and oxygen atoms in total. The molecule has 0 aliphatic heterocycles. The topological polar surface area (TPSA) is 59.8 Å². The normalized spacial score (nSPS) is 10.9. The van der Waals surface area contributed by atoms with Crippen LogP contribution in [0.3, 0.4) is 0 Å². The number of hydrogen-bond acceptors (Lipinski definition) is 3. The summed E-state index contributed by atoms with van der Waals surface area (Å²) in [6, 6.07) is 18.0. The Morgan fingerprint density at radius 1 is 0.903 bits per heavy atom. The maximum Gasteiger partial charge on any atom is 0.295 e. The van der Waals surface area contributed by atoms with E-state index in [1.54, 1.807) is 41.1 Å². The van der Waals surface area contributed by atoms with Gasteiger partial charge in [0, 0.05) is 26.3 Å². The van der Waals surface area contributed by atoms with Crippen molar-refractivity contribution in [1.29, 1.82) is 0 Å². The van der Waals surface area contributed by atoms with Gasteiger partial charge < -0.3 is 5.32 Å². The summed E-state index contributed by atoms with van der Waals surface area (Å²) in [5.41, 5.74) is 3.61. The minimum Gasteiger partial charge on any atom is -0.319 e. The lowest BCUT2D eigenvalue weighted by Crippen LogP contribution is -2.15. The zero-order valence-corrected chi connectivity index (χ0v) is 18.9. The first-order valence-corrected chi connectivity index (χ1v) is 10.5. The van der Waals surface area contributed by atoms with Crippen LogP contribution in [0.4, 0.5) is 5.69 Å². The summed E-state index contributed by atoms with van der Waals surface area (Å²) in [5.74, 6) is 0.0293. The van der Waals surface area contributed by atoms with Crippen LogP contribution in [-0.4, -0.2) is 20.7 Å². The van der Waals surface area contributed by atoms with Crippen molar-refractivity contribution in [3.8, 4) is 17.1 Å². The van der Waals surface area contributed by atoms with E-state index in [9.17, 15) is 4.79 Å². The Balaban J connectivity index is 1.82. The van der Waals surface area contributed by atoms with Crippen molar-refractivity contribution < 1.29 is 4.79 Å². The van der Waals surface area contributed by atoms with E-state index in [-0.39, 0.29) is 5.82 Å². The van der Waals surface area contributed by atoms with Crippen LogP contribution in [-0.2, 0) is 0 Å². The number of aromatic nitrogens is 3. The van der Waals surface area contributed by atoms with E-state index in [0.717, 1.165) is 16.7 Å². The molecule has 0 aliphatic carbocycles. The summed E-state index contributed by atoms with van der Waals surface area (Å²) in [6.07, 6.45) is 0. The Hall–Kier alpha value is -2.86. The number of nitrogens with zero attached hydrogens (tertiary/aromatic N) is 3. The molecule has 1 heterocycles. The molecule has 3 aromatic carbocycles. The fourth-order valence-corrected chi connectivity index (χ4v) is 3.67. The van der Waals surface area contributed by atoms with Gasteiger partial charge in [-0.2, -0.15) is 0 Å². The maximum absolute atomic E-state index is 13.0. The molecule has 0 atom stereocenters. The van der Waals surface area contributed by atoms with Crippen molar-refractivity contribution in [3.63, 3.8) is 0 Å². The summed E-state index contributed by atoms with van der Waals surface area (Å²) >= 11 is 18.7. The Kier molecular flexibility index (Phi) is 6.01. The minimum absolute atomic E-state index is 0.00808. The van der Waals surface area contributed by atoms with E-state index in [1.807, 2.05) is 38.1 Å². The minimum atomic E-state index is -0.452. The van der Waals surface area contributed by atoms with Crippen LogP contribution in [0.1, 0.15) is 21.7 Å². The number of carbonyl (C=O) groups is 1. The Labute approximate surface area is 194 Å². The van der Waals surface area contributed by atoms with Gasteiger partial charge in [0.25, 0.3) is 5.91 Å². The standard InChI is InChI=1S/C23H17Cl3N4O/c1-13-17(25)8-4-10-19(13)27-23(31)21-28-22(15-6-3-7-16(24)12-15)30(29-21)20-11-5-9-18(26)14(20)2/h3-12H,1-2H3,(H,27,31). The third-order valence-corrected chi connectivity index (χ3v) is 5.93. The van der Waals surface area contributed by atoms with E-state index < -0.39 is 5.91 Å². The third kappa shape index (κ3) is 4.30. The molecule has 31 heavy (non-hydrogen) atoms. The number of hydrogen-bond donors (Lipinski definition) is 1. The third-order valence-electron chi connectivity index (χ3n) is 4.88. The zero-order chi connectivity index (χ0) is 22.1. The summed E-state index contributed by atoms with van der Waals surface area (Å²) < 4.78 is 1.60. The van der Waals surface area contributed by atoms with Crippen molar-refractivity contribution in [3.05, 3.63) is 92.7 Å². The van der Waals surface area contributed by atoms with Gasteiger partial charge >= 0.3 is 0 Å². The number of halogens is 3. The van der Waals surface area contributed by atoms with Gasteiger partial charge in [0.2, 0.25) is 5.82 Å². The van der Waals surface area contributed by atoms with Crippen molar-refractivity contribution in [2.45, 2.75) is 13.8 Å². The molecular weight excluding hydrogens is 455 g/mol. The van der Waals surface area contributed by atoms with E-state index >= 15 is 0 Å². The Morgan fingerprint density at radius 3 is 2.32 bits per heavy atom. The van der Waals surface area contributed by atoms with Crippen molar-refractivity contribution in [2.24, 2.45) is 0 Å². The highest BCUT2D eigenvalue weighted by molar-refractivity contribution is 6.32. The highest BCUT2D eigenvalue weighted by atomic mass is 35.5. The molecule has 8 heteroatoms. The van der Waals surface area contributed by atoms with Gasteiger partial charge in [-0.05, 0) is 61.4 Å². The second kappa shape index (κ2) is 8.71. The molecule has 0 saturated carbocycles. The lowest BCUT2D eigenvalue weighted by Gasteiger charge is -2.10. The van der Waals surface area contributed by atoms with Gasteiger partial charge in [-0.1, -0.05) is 59.1 Å². The van der Waals surface area contributed by atoms with E-state index in [0.29, 0.717) is 32.3 Å². The lowest BCUT2D eigenvalue weighted by molar-refractivity contribution is 0.101. The van der Waals surface area contributed by atoms with Crippen LogP contribution < -0.4 is 5.32 Å². The van der Waals surface area contributed by atoms with Crippen LogP contribution >= 0.6 is 34.8 Å². The van der Waals surface area contributed by atoms with Crippen molar-refractivity contribution in [2.75, 3.05) is 5.32 Å². The van der Waals surface area contributed by atoms with Crippen LogP contribution in [0.15, 0.2) is 60.7 Å². The average molecular weight is 472 g/mol. The number of rotatable bonds is 4. The predicted molar refractivity (Wildman–Crippen MR) is 126 cm³/mol. The highest BCUT2D eigenvalue weighted by Gasteiger charge is 2.21. The molecule has 156 valence electrons. The number of benzene rings is 3. The summed E-state index contributed by atoms with van der Waals surface area (Å²) in [5, 5.41) is 9.03. The molecule has 0 unspecified atom stereocenters. The molecule has 0 bridgehead atoms. The van der Waals surface area contributed by atoms with E-state index in [4.69, 9.17) is 34.8 Å². The fraction of sp³-hybridized carbons (Fsp3) is 0.0870. The molecule has 0 radical (unpaired) electrons. The molecule has 1 aromatic heterocycles. The largest absolute Gasteiger partial charge is 0.319 e. The monoisotopic (exact) mass is 470 g/mol. The summed E-state index contributed by atoms with van der Waals surface area (Å²) in [7, 11) is 0. The molecule has 4 rings (SSSR count). The quantitative estimate of drug-likeness (QED) is 0.357. The van der Waals surface area contributed by atoms with E-state index in [1.165, 1.54) is 0 Å². The van der Waals surface area contributed by atoms with Crippen LogP contribution in [0.5, 0.6) is 0 Å². The second-order valence-electron chi connectivity index (χ2n) is 6.93. The van der Waals surface area contributed by atoms with Gasteiger partial charge in [0.05, 0.1) is 5.69 Å². The van der Waals surface area contributed by atoms with Gasteiger partial charge in [-0.3, -0.25) is 4.79 Å². The van der Waals surface area contributed by atoms with E-state index in [2.05, 4.69) is 15.4 Å². The molecular formula is C23H17Cl3N4O. The van der Waals surface area contributed by atoms with Crippen LogP contribution in [0.25, 0.3) is 17.1 Å². The number of nitrogens with one attached hydrogen (secondary N) is 1. The molecule has 1 N–H and O–H groups in total. The zero-order valence-electron chi connectivity index (χ0n) is 16.7. The van der Waals surface area contributed by atoms with Gasteiger partial charge in [0.15, 0.2) is 5.82 Å². The van der Waals surface area contributed by atoms with Crippen molar-refractivity contribution >= 4 is 46.4 Å². The van der Waals surface area contributed by atoms with Crippen molar-refractivity contribution in [1.82, 2.24) is 14.8 Å². The number of amides is 1. The average Bonchev–Trinajstić information content (AvgIpc) is 3.19. The van der Waals surface area contributed by atoms with Gasteiger partial charge in [-0.25, -0.2) is 9.67 Å². The second-order valence-corrected chi connectivity index (χ2v) is 8.18. The van der Waals surface area contributed by atoms with Crippen LogP contribution in [0.2, 0.25) is 15.1 Å². The number of carbonyl (C=O) groups excluding carboxylic acids is 1. The number of anilines is 1. The molecule has 0 saturated heterocycles. The van der Waals surface area contributed by atoms with Gasteiger partial charge in [0.1, 0.15) is 0 Å². The fourth-order valence-electron chi connectivity index (χ4n) is 3.14. The smallest absolute Gasteiger partial charge is 0.295 e. The summed E-state index contributed by atoms with van der Waals surface area (Å²) in [6.45, 7) is 3.72. The SMILES string of the molecule is Cc1c(Cl)cccc1NC(=O)c1nc(-c2cccc(Cl)c2)n(-c2cccc(Cl)c2C)n1. The highest BCUT2D eigenvalue weighted by Crippen LogP contribution is 2.29. The van der Waals surface area contributed by atoms with Gasteiger partial charge in [-0.15, -0.1) is 5.10 Å². The lowest BCUT2D eigenvalue weighted by atomic mass is 10.1. The predicted octanol–water partition coefficient (Wildman–Crippen LogP) is 6.76. The first-order valence-electron chi connectivity index (χ1n) is 9.40. The molecule has 0 fully saturated rings. The summed E-state index contributed by atoms with van der Waals surface area (Å²) in [4.78, 5) is 17.5. The first kappa shape index (κ1) is 21.4. The molecule has 1 amide bonds. The Morgan fingerprint density at radius 2 is 1.58 bits per heavy atom. The molecule has 0 spiro atoms. The maximum atomic E-state index is 13.0. The molecule has 0 aliphatic rings. The Bertz CT molecular complexity index is 1300. The van der Waals surface area contributed by atoms with Crippen LogP contribution in [0, 0.1) is 13.8 Å². The first-order chi connectivity index (χ1) is 14.8.